The van der Waals surface area contributed by atoms with Gasteiger partial charge in [0.05, 0.1) is 17.6 Å². The van der Waals surface area contributed by atoms with Gasteiger partial charge >= 0.3 is 0 Å². The maximum absolute atomic E-state index is 5.45. The molecule has 0 saturated carbocycles. The molecule has 1 N–H and O–H groups in total. The van der Waals surface area contributed by atoms with Crippen LogP contribution in [-0.4, -0.2) is 9.55 Å². The highest BCUT2D eigenvalue weighted by atomic mass is 32.1. The molecule has 0 amide bonds. The van der Waals surface area contributed by atoms with Crippen molar-refractivity contribution in [2.75, 3.05) is 0 Å². The molecule has 0 spiro atoms. The number of aromatic amines is 1. The van der Waals surface area contributed by atoms with E-state index in [1.165, 1.54) is 22.2 Å². The van der Waals surface area contributed by atoms with Crippen LogP contribution in [0.15, 0.2) is 42.5 Å². The summed E-state index contributed by atoms with van der Waals surface area (Å²) >= 11 is 5.45. The highest BCUT2D eigenvalue weighted by Gasteiger charge is 2.06. The van der Waals surface area contributed by atoms with E-state index in [2.05, 4.69) is 59.8 Å². The van der Waals surface area contributed by atoms with Crippen LogP contribution in [0.1, 0.15) is 16.7 Å². The summed E-state index contributed by atoms with van der Waals surface area (Å²) in [5.41, 5.74) is 6.14. The second-order valence-electron chi connectivity index (χ2n) is 4.96. The largest absolute Gasteiger partial charge is 0.331 e. The number of aryl methyl sites for hydroxylation is 2. The average Bonchev–Trinajstić information content (AvgIpc) is 2.68. The number of hydrogen-bond acceptors (Lipinski definition) is 1. The monoisotopic (exact) mass is 268 g/mol. The summed E-state index contributed by atoms with van der Waals surface area (Å²) in [4.78, 5) is 3.29. The van der Waals surface area contributed by atoms with E-state index < -0.39 is 0 Å². The van der Waals surface area contributed by atoms with Gasteiger partial charge in [0.2, 0.25) is 0 Å². The van der Waals surface area contributed by atoms with Crippen LogP contribution >= 0.6 is 12.2 Å². The molecular formula is C16H16N2S. The van der Waals surface area contributed by atoms with E-state index in [1.807, 2.05) is 6.07 Å². The molecular weight excluding hydrogens is 252 g/mol. The zero-order valence-electron chi connectivity index (χ0n) is 11.1. The zero-order valence-corrected chi connectivity index (χ0v) is 11.9. The lowest BCUT2D eigenvalue weighted by Gasteiger charge is -2.06. The molecule has 1 aromatic heterocycles. The number of nitrogens with zero attached hydrogens (tertiary/aromatic N) is 1. The molecule has 3 aromatic rings. The Hall–Kier alpha value is -1.87. The van der Waals surface area contributed by atoms with Crippen LogP contribution in [0.2, 0.25) is 0 Å². The van der Waals surface area contributed by atoms with Crippen molar-refractivity contribution in [3.05, 3.63) is 63.9 Å². The molecule has 0 aliphatic carbocycles. The fraction of sp³-hybridized carbons (Fsp3) is 0.188. The van der Waals surface area contributed by atoms with Crippen LogP contribution in [0.5, 0.6) is 0 Å². The molecule has 0 unspecified atom stereocenters. The van der Waals surface area contributed by atoms with Crippen LogP contribution in [-0.2, 0) is 6.54 Å². The smallest absolute Gasteiger partial charge is 0.178 e. The number of aromatic nitrogens is 2. The summed E-state index contributed by atoms with van der Waals surface area (Å²) in [5.74, 6) is 0. The van der Waals surface area contributed by atoms with Crippen LogP contribution in [0.3, 0.4) is 0 Å². The first-order chi connectivity index (χ1) is 9.15. The topological polar surface area (TPSA) is 20.7 Å². The first kappa shape index (κ1) is 12.2. The highest BCUT2D eigenvalue weighted by Crippen LogP contribution is 2.20. The van der Waals surface area contributed by atoms with Crippen molar-refractivity contribution in [1.82, 2.24) is 9.55 Å². The van der Waals surface area contributed by atoms with Crippen LogP contribution in [0.25, 0.3) is 11.0 Å². The van der Waals surface area contributed by atoms with Gasteiger partial charge in [-0.05, 0) is 54.9 Å². The van der Waals surface area contributed by atoms with E-state index in [1.54, 1.807) is 0 Å². The third-order valence-electron chi connectivity index (χ3n) is 3.57. The van der Waals surface area contributed by atoms with Gasteiger partial charge in [-0.3, -0.25) is 0 Å². The molecule has 0 aliphatic heterocycles. The predicted molar refractivity (Wildman–Crippen MR) is 82.1 cm³/mol. The third-order valence-corrected chi connectivity index (χ3v) is 3.90. The van der Waals surface area contributed by atoms with Crippen molar-refractivity contribution in [2.24, 2.45) is 0 Å². The minimum Gasteiger partial charge on any atom is -0.331 e. The number of benzene rings is 2. The standard InChI is InChI=1S/C16H16N2S/c1-11-8-14-15(9-12(11)2)18(16(19)17-14)10-13-6-4-3-5-7-13/h3-9H,10H2,1-2H3,(H,17,19). The summed E-state index contributed by atoms with van der Waals surface area (Å²) in [6, 6.07) is 14.8. The maximum atomic E-state index is 5.45. The molecule has 0 radical (unpaired) electrons. The number of imidazole rings is 1. The van der Waals surface area contributed by atoms with E-state index in [0.717, 1.165) is 16.8 Å². The van der Waals surface area contributed by atoms with Crippen molar-refractivity contribution in [1.29, 1.82) is 0 Å². The van der Waals surface area contributed by atoms with Crippen LogP contribution in [0, 0.1) is 18.6 Å². The Labute approximate surface area is 117 Å². The molecule has 2 aromatic carbocycles. The molecule has 0 fully saturated rings. The van der Waals surface area contributed by atoms with Gasteiger partial charge in [-0.25, -0.2) is 0 Å². The van der Waals surface area contributed by atoms with Gasteiger partial charge < -0.3 is 9.55 Å². The molecule has 2 nitrogen and oxygen atoms in total. The van der Waals surface area contributed by atoms with E-state index in [0.29, 0.717) is 0 Å². The number of H-pyrrole nitrogens is 1. The minimum atomic E-state index is 0.781. The Kier molecular flexibility index (Phi) is 2.99. The fourth-order valence-corrected chi connectivity index (χ4v) is 2.61. The molecule has 0 aliphatic rings. The first-order valence-corrected chi connectivity index (χ1v) is 6.79. The van der Waals surface area contributed by atoms with Gasteiger partial charge in [-0.2, -0.15) is 0 Å². The SMILES string of the molecule is Cc1cc2[nH]c(=S)n(Cc3ccccc3)c2cc1C. The summed E-state index contributed by atoms with van der Waals surface area (Å²) < 4.78 is 2.94. The summed E-state index contributed by atoms with van der Waals surface area (Å²) in [7, 11) is 0. The van der Waals surface area contributed by atoms with Gasteiger partial charge in [-0.15, -0.1) is 0 Å². The quantitative estimate of drug-likeness (QED) is 0.685. The van der Waals surface area contributed by atoms with Gasteiger partial charge in [0, 0.05) is 0 Å². The van der Waals surface area contributed by atoms with Crippen molar-refractivity contribution in [3.63, 3.8) is 0 Å². The Morgan fingerprint density at radius 2 is 1.74 bits per heavy atom. The van der Waals surface area contributed by atoms with E-state index in [9.17, 15) is 0 Å². The number of rotatable bonds is 2. The number of nitrogens with one attached hydrogen (secondary N) is 1. The van der Waals surface area contributed by atoms with E-state index in [-0.39, 0.29) is 0 Å². The molecule has 0 atom stereocenters. The fourth-order valence-electron chi connectivity index (χ4n) is 2.34. The second kappa shape index (κ2) is 4.67. The molecule has 1 heterocycles. The molecule has 19 heavy (non-hydrogen) atoms. The Morgan fingerprint density at radius 3 is 2.47 bits per heavy atom. The number of hydrogen-bond donors (Lipinski definition) is 1. The molecule has 0 bridgehead atoms. The van der Waals surface area contributed by atoms with Crippen molar-refractivity contribution >= 4 is 23.3 Å². The lowest BCUT2D eigenvalue weighted by atomic mass is 10.1. The van der Waals surface area contributed by atoms with Gasteiger partial charge in [0.15, 0.2) is 4.77 Å². The van der Waals surface area contributed by atoms with Crippen LogP contribution in [0.4, 0.5) is 0 Å². The lowest BCUT2D eigenvalue weighted by molar-refractivity contribution is 0.810. The van der Waals surface area contributed by atoms with Gasteiger partial charge in [0.1, 0.15) is 0 Å². The van der Waals surface area contributed by atoms with E-state index in [4.69, 9.17) is 12.2 Å². The minimum absolute atomic E-state index is 0.781. The summed E-state index contributed by atoms with van der Waals surface area (Å²) in [6.45, 7) is 5.07. The van der Waals surface area contributed by atoms with Gasteiger partial charge in [0.25, 0.3) is 0 Å². The van der Waals surface area contributed by atoms with Crippen molar-refractivity contribution < 1.29 is 0 Å². The average molecular weight is 268 g/mol. The Bertz CT molecular complexity index is 782. The molecule has 3 heteroatoms. The van der Waals surface area contributed by atoms with Gasteiger partial charge in [-0.1, -0.05) is 30.3 Å². The Morgan fingerprint density at radius 1 is 1.05 bits per heavy atom. The Balaban J connectivity index is 2.16. The molecule has 96 valence electrons. The van der Waals surface area contributed by atoms with E-state index >= 15 is 0 Å². The third kappa shape index (κ3) is 2.22. The van der Waals surface area contributed by atoms with Crippen LogP contribution < -0.4 is 0 Å². The normalized spacial score (nSPS) is 11.1. The first-order valence-electron chi connectivity index (χ1n) is 6.39. The lowest BCUT2D eigenvalue weighted by Crippen LogP contribution is -1.99. The van der Waals surface area contributed by atoms with Crippen molar-refractivity contribution in [2.45, 2.75) is 20.4 Å². The second-order valence-corrected chi connectivity index (χ2v) is 5.34. The summed E-state index contributed by atoms with van der Waals surface area (Å²) in [5, 5.41) is 0. The highest BCUT2D eigenvalue weighted by molar-refractivity contribution is 7.71. The molecule has 0 saturated heterocycles. The number of fused-ring (bicyclic) bond motifs is 1. The maximum Gasteiger partial charge on any atom is 0.178 e. The molecule has 3 rings (SSSR count). The predicted octanol–water partition coefficient (Wildman–Crippen LogP) is 4.36. The van der Waals surface area contributed by atoms with Crippen molar-refractivity contribution in [3.8, 4) is 0 Å². The summed E-state index contributed by atoms with van der Waals surface area (Å²) in [6.07, 6.45) is 0. The zero-order chi connectivity index (χ0) is 13.4.